The average Bonchev–Trinajstić information content (AvgIpc) is 3.43. The van der Waals surface area contributed by atoms with E-state index in [4.69, 9.17) is 18.9 Å². The number of benzene rings is 3. The third-order valence-electron chi connectivity index (χ3n) is 5.17. The minimum absolute atomic E-state index is 0.168. The highest BCUT2D eigenvalue weighted by molar-refractivity contribution is 6.05. The zero-order valence-electron chi connectivity index (χ0n) is 16.3. The van der Waals surface area contributed by atoms with Crippen LogP contribution in [0.2, 0.25) is 0 Å². The van der Waals surface area contributed by atoms with Crippen molar-refractivity contribution in [1.82, 2.24) is 9.97 Å². The van der Waals surface area contributed by atoms with Crippen LogP contribution in [-0.4, -0.2) is 35.9 Å². The number of H-pyrrole nitrogens is 1. The van der Waals surface area contributed by atoms with Crippen molar-refractivity contribution in [2.45, 2.75) is 0 Å². The second kappa shape index (κ2) is 6.94. The minimum atomic E-state index is -0.234. The van der Waals surface area contributed by atoms with Gasteiger partial charge in [-0.25, -0.2) is 4.98 Å². The fraction of sp³-hybridized carbons (Fsp3) is 0.130. The van der Waals surface area contributed by atoms with Gasteiger partial charge in [0.1, 0.15) is 19.0 Å². The number of anilines is 1. The molecule has 3 heterocycles. The van der Waals surface area contributed by atoms with E-state index in [1.807, 2.05) is 36.4 Å². The van der Waals surface area contributed by atoms with Gasteiger partial charge in [-0.05, 0) is 30.3 Å². The number of hydrogen-bond acceptors (Lipinski definition) is 6. The first-order valence-corrected chi connectivity index (χ1v) is 9.84. The molecule has 0 saturated carbocycles. The molecule has 0 spiro atoms. The molecule has 3 aromatic carbocycles. The van der Waals surface area contributed by atoms with Crippen molar-refractivity contribution in [2.24, 2.45) is 0 Å². The number of nitrogens with one attached hydrogen (secondary N) is 2. The fourth-order valence-corrected chi connectivity index (χ4v) is 3.67. The van der Waals surface area contributed by atoms with Crippen molar-refractivity contribution in [1.29, 1.82) is 0 Å². The fourth-order valence-electron chi connectivity index (χ4n) is 3.67. The first-order valence-electron chi connectivity index (χ1n) is 9.84. The van der Waals surface area contributed by atoms with E-state index >= 15 is 0 Å². The topological polar surface area (TPSA) is 94.7 Å². The second-order valence-corrected chi connectivity index (χ2v) is 7.20. The van der Waals surface area contributed by atoms with E-state index in [0.29, 0.717) is 53.3 Å². The molecule has 154 valence electrons. The molecule has 0 saturated heterocycles. The average molecular weight is 415 g/mol. The second-order valence-electron chi connectivity index (χ2n) is 7.20. The molecule has 1 amide bonds. The quantitative estimate of drug-likeness (QED) is 0.526. The molecule has 2 N–H and O–H groups in total. The number of hydrogen-bond donors (Lipinski definition) is 2. The summed E-state index contributed by atoms with van der Waals surface area (Å²) in [7, 11) is 0. The Morgan fingerprint density at radius 1 is 0.871 bits per heavy atom. The van der Waals surface area contributed by atoms with Gasteiger partial charge in [0.15, 0.2) is 23.0 Å². The predicted molar refractivity (Wildman–Crippen MR) is 113 cm³/mol. The number of aromatic amines is 1. The lowest BCUT2D eigenvalue weighted by atomic mass is 10.1. The van der Waals surface area contributed by atoms with Crippen molar-refractivity contribution >= 4 is 22.6 Å². The molecule has 0 radical (unpaired) electrons. The molecule has 0 unspecified atom stereocenters. The van der Waals surface area contributed by atoms with Gasteiger partial charge in [-0.15, -0.1) is 0 Å². The summed E-state index contributed by atoms with van der Waals surface area (Å²) in [5.41, 5.74) is 3.64. The Balaban J connectivity index is 1.27. The Morgan fingerprint density at radius 2 is 1.68 bits per heavy atom. The number of fused-ring (bicyclic) bond motifs is 3. The summed E-state index contributed by atoms with van der Waals surface area (Å²) in [5.74, 6) is 3.07. The summed E-state index contributed by atoms with van der Waals surface area (Å²) >= 11 is 0. The molecular weight excluding hydrogens is 398 g/mol. The molecule has 0 atom stereocenters. The molecule has 0 bridgehead atoms. The van der Waals surface area contributed by atoms with Crippen molar-refractivity contribution in [3.05, 3.63) is 60.2 Å². The van der Waals surface area contributed by atoms with Crippen LogP contribution in [0.5, 0.6) is 23.0 Å². The lowest BCUT2D eigenvalue weighted by Gasteiger charge is -2.17. The van der Waals surface area contributed by atoms with E-state index in [-0.39, 0.29) is 12.7 Å². The largest absolute Gasteiger partial charge is 0.486 e. The van der Waals surface area contributed by atoms with Gasteiger partial charge in [-0.3, -0.25) is 4.79 Å². The van der Waals surface area contributed by atoms with E-state index in [0.717, 1.165) is 16.6 Å². The van der Waals surface area contributed by atoms with Crippen molar-refractivity contribution in [3.8, 4) is 34.4 Å². The third kappa shape index (κ3) is 3.18. The maximum Gasteiger partial charge on any atom is 0.255 e. The molecule has 8 nitrogen and oxygen atoms in total. The smallest absolute Gasteiger partial charge is 0.255 e. The van der Waals surface area contributed by atoms with Gasteiger partial charge in [0.05, 0.1) is 11.0 Å². The van der Waals surface area contributed by atoms with E-state index < -0.39 is 0 Å². The molecular formula is C23H17N3O5. The third-order valence-corrected chi connectivity index (χ3v) is 5.17. The van der Waals surface area contributed by atoms with Gasteiger partial charge >= 0.3 is 0 Å². The van der Waals surface area contributed by atoms with Crippen LogP contribution in [0.1, 0.15) is 10.4 Å². The van der Waals surface area contributed by atoms with Crippen LogP contribution in [-0.2, 0) is 0 Å². The summed E-state index contributed by atoms with van der Waals surface area (Å²) in [6.45, 7) is 1.23. The summed E-state index contributed by atoms with van der Waals surface area (Å²) in [6, 6.07) is 16.4. The van der Waals surface area contributed by atoms with Crippen LogP contribution in [0, 0.1) is 0 Å². The normalized spacial score (nSPS) is 13.9. The molecule has 0 aliphatic carbocycles. The molecule has 31 heavy (non-hydrogen) atoms. The number of carbonyl (C=O) groups excluding carboxylic acids is 1. The van der Waals surface area contributed by atoms with E-state index in [1.54, 1.807) is 18.2 Å². The van der Waals surface area contributed by atoms with Crippen molar-refractivity contribution in [2.75, 3.05) is 25.3 Å². The van der Waals surface area contributed by atoms with Gasteiger partial charge in [0.2, 0.25) is 6.79 Å². The monoisotopic (exact) mass is 415 g/mol. The lowest BCUT2D eigenvalue weighted by molar-refractivity contribution is 0.102. The highest BCUT2D eigenvalue weighted by atomic mass is 16.7. The summed E-state index contributed by atoms with van der Waals surface area (Å²) in [6.07, 6.45) is 0. The van der Waals surface area contributed by atoms with Crippen LogP contribution in [0.3, 0.4) is 0 Å². The predicted octanol–water partition coefficient (Wildman–Crippen LogP) is 3.98. The Hall–Kier alpha value is -4.20. The molecule has 2 aliphatic rings. The lowest BCUT2D eigenvalue weighted by Crippen LogP contribution is -2.15. The first-order chi connectivity index (χ1) is 15.2. The van der Waals surface area contributed by atoms with Crippen LogP contribution in [0.25, 0.3) is 22.4 Å². The summed E-state index contributed by atoms with van der Waals surface area (Å²) < 4.78 is 21.9. The van der Waals surface area contributed by atoms with Crippen molar-refractivity contribution in [3.63, 3.8) is 0 Å². The van der Waals surface area contributed by atoms with Crippen LogP contribution >= 0.6 is 0 Å². The van der Waals surface area contributed by atoms with Crippen molar-refractivity contribution < 1.29 is 23.7 Å². The highest BCUT2D eigenvalue weighted by Crippen LogP contribution is 2.35. The number of nitrogens with zero attached hydrogens (tertiary/aromatic N) is 1. The number of amides is 1. The molecule has 0 fully saturated rings. The van der Waals surface area contributed by atoms with Gasteiger partial charge in [-0.1, -0.05) is 12.1 Å². The van der Waals surface area contributed by atoms with E-state index in [9.17, 15) is 4.79 Å². The Labute approximate surface area is 176 Å². The van der Waals surface area contributed by atoms with Crippen LogP contribution in [0.15, 0.2) is 54.6 Å². The molecule has 1 aromatic heterocycles. The minimum Gasteiger partial charge on any atom is -0.486 e. The van der Waals surface area contributed by atoms with Gasteiger partial charge < -0.3 is 29.2 Å². The zero-order valence-corrected chi connectivity index (χ0v) is 16.3. The summed E-state index contributed by atoms with van der Waals surface area (Å²) in [4.78, 5) is 20.7. The zero-order chi connectivity index (χ0) is 20.8. The first kappa shape index (κ1) is 17.6. The number of aromatic nitrogens is 2. The number of imidazole rings is 1. The Kier molecular flexibility index (Phi) is 3.95. The van der Waals surface area contributed by atoms with Gasteiger partial charge in [-0.2, -0.15) is 0 Å². The molecule has 2 aliphatic heterocycles. The SMILES string of the molecule is O=C(Nc1cccc(-c2nc3cc4c(cc3[nH]2)OCCO4)c1)c1ccc2c(c1)OCO2. The number of rotatable bonds is 3. The number of ether oxygens (including phenoxy) is 4. The summed E-state index contributed by atoms with van der Waals surface area (Å²) in [5, 5.41) is 2.92. The van der Waals surface area contributed by atoms with Crippen LogP contribution in [0.4, 0.5) is 5.69 Å². The highest BCUT2D eigenvalue weighted by Gasteiger charge is 2.18. The Bertz CT molecular complexity index is 1290. The van der Waals surface area contributed by atoms with E-state index in [2.05, 4.69) is 15.3 Å². The maximum atomic E-state index is 12.7. The van der Waals surface area contributed by atoms with Gasteiger partial charge in [0, 0.05) is 28.9 Å². The van der Waals surface area contributed by atoms with Gasteiger partial charge in [0.25, 0.3) is 5.91 Å². The van der Waals surface area contributed by atoms with E-state index in [1.165, 1.54) is 0 Å². The van der Waals surface area contributed by atoms with Crippen LogP contribution < -0.4 is 24.3 Å². The Morgan fingerprint density at radius 3 is 2.58 bits per heavy atom. The molecule has 8 heteroatoms. The maximum absolute atomic E-state index is 12.7. The molecule has 6 rings (SSSR count). The standard InChI is InChI=1S/C23H17N3O5/c27-23(14-4-5-18-19(9-14)31-12-30-18)24-15-3-1-2-13(8-15)22-25-16-10-20-21(11-17(16)26-22)29-7-6-28-20/h1-5,8-11H,6-7,12H2,(H,24,27)(H,25,26). The number of carbonyl (C=O) groups is 1. The molecule has 4 aromatic rings.